The number of carboxylic acids is 1. The molecule has 0 saturated carbocycles. The zero-order valence-electron chi connectivity index (χ0n) is 17.2. The van der Waals surface area contributed by atoms with Gasteiger partial charge in [0.05, 0.1) is 0 Å². The van der Waals surface area contributed by atoms with Gasteiger partial charge in [-0.3, -0.25) is 0 Å². The van der Waals surface area contributed by atoms with E-state index in [4.69, 9.17) is 4.74 Å². The topological polar surface area (TPSA) is 78.9 Å². The SMILES string of the molecule is CN(C[C@H](NC(=O)OCC1c2ccccc2-c2ccccc21)C(=O)O)c1ccccc1. The van der Waals surface area contributed by atoms with Gasteiger partial charge in [0.1, 0.15) is 12.6 Å². The number of fused-ring (bicyclic) bond motifs is 3. The fraction of sp³-hybridized carbons (Fsp3) is 0.200. The van der Waals surface area contributed by atoms with Crippen molar-refractivity contribution in [2.24, 2.45) is 0 Å². The average Bonchev–Trinajstić information content (AvgIpc) is 3.11. The summed E-state index contributed by atoms with van der Waals surface area (Å²) >= 11 is 0. The molecule has 0 aromatic heterocycles. The molecule has 2 N–H and O–H groups in total. The first-order valence-corrected chi connectivity index (χ1v) is 10.1. The Kier molecular flexibility index (Phi) is 5.89. The molecule has 6 heteroatoms. The van der Waals surface area contributed by atoms with Crippen molar-refractivity contribution in [3.63, 3.8) is 0 Å². The molecular formula is C25H24N2O4. The number of hydrogen-bond donors (Lipinski definition) is 2. The minimum Gasteiger partial charge on any atom is -0.480 e. The number of carboxylic acid groups (broad SMARTS) is 1. The molecule has 1 amide bonds. The van der Waals surface area contributed by atoms with E-state index in [9.17, 15) is 14.7 Å². The monoisotopic (exact) mass is 416 g/mol. The lowest BCUT2D eigenvalue weighted by Gasteiger charge is -2.24. The molecule has 158 valence electrons. The van der Waals surface area contributed by atoms with E-state index in [-0.39, 0.29) is 19.1 Å². The molecule has 1 atom stereocenters. The van der Waals surface area contributed by atoms with Crippen LogP contribution in [-0.2, 0) is 9.53 Å². The second-order valence-electron chi connectivity index (χ2n) is 7.58. The molecule has 4 rings (SSSR count). The number of para-hydroxylation sites is 1. The van der Waals surface area contributed by atoms with Crippen LogP contribution in [0.5, 0.6) is 0 Å². The maximum absolute atomic E-state index is 12.4. The van der Waals surface area contributed by atoms with Gasteiger partial charge in [-0.2, -0.15) is 0 Å². The van der Waals surface area contributed by atoms with Gasteiger partial charge in [-0.05, 0) is 34.4 Å². The Balaban J connectivity index is 1.41. The third-order valence-electron chi connectivity index (χ3n) is 5.59. The van der Waals surface area contributed by atoms with E-state index in [1.165, 1.54) is 0 Å². The number of carbonyl (C=O) groups excluding carboxylic acids is 1. The molecule has 0 heterocycles. The lowest BCUT2D eigenvalue weighted by Crippen LogP contribution is -2.48. The zero-order valence-corrected chi connectivity index (χ0v) is 17.2. The van der Waals surface area contributed by atoms with Crippen molar-refractivity contribution in [3.8, 4) is 11.1 Å². The minimum atomic E-state index is -1.11. The summed E-state index contributed by atoms with van der Waals surface area (Å²) in [6.45, 7) is 0.254. The Morgan fingerprint density at radius 1 is 0.935 bits per heavy atom. The van der Waals surface area contributed by atoms with Gasteiger partial charge in [0, 0.05) is 25.2 Å². The van der Waals surface area contributed by atoms with Crippen LogP contribution in [0.15, 0.2) is 78.9 Å². The van der Waals surface area contributed by atoms with Crippen molar-refractivity contribution in [1.82, 2.24) is 5.32 Å². The first-order valence-electron chi connectivity index (χ1n) is 10.1. The van der Waals surface area contributed by atoms with Gasteiger partial charge >= 0.3 is 12.1 Å². The summed E-state index contributed by atoms with van der Waals surface area (Å²) in [5.74, 6) is -1.19. The molecule has 3 aromatic carbocycles. The summed E-state index contributed by atoms with van der Waals surface area (Å²) in [7, 11) is 1.78. The number of carbonyl (C=O) groups is 2. The van der Waals surface area contributed by atoms with Gasteiger partial charge in [0.25, 0.3) is 0 Å². The second-order valence-corrected chi connectivity index (χ2v) is 7.58. The van der Waals surface area contributed by atoms with Crippen molar-refractivity contribution in [2.45, 2.75) is 12.0 Å². The molecule has 0 unspecified atom stereocenters. The van der Waals surface area contributed by atoms with Gasteiger partial charge in [-0.25, -0.2) is 9.59 Å². The Bertz CT molecular complexity index is 1040. The molecule has 0 bridgehead atoms. The standard InChI is InChI=1S/C25H24N2O4/c1-27(17-9-3-2-4-10-17)15-23(24(28)29)26-25(30)31-16-22-20-13-7-5-11-18(20)19-12-6-8-14-21(19)22/h2-14,22-23H,15-16H2,1H3,(H,26,30)(H,28,29)/t23-/m0/s1. The first kappa shape index (κ1) is 20.5. The average molecular weight is 416 g/mol. The van der Waals surface area contributed by atoms with Crippen LogP contribution in [0.4, 0.5) is 10.5 Å². The molecule has 0 fully saturated rings. The highest BCUT2D eigenvalue weighted by Crippen LogP contribution is 2.44. The summed E-state index contributed by atoms with van der Waals surface area (Å²) in [5, 5.41) is 12.0. The van der Waals surface area contributed by atoms with Crippen LogP contribution < -0.4 is 10.2 Å². The molecule has 6 nitrogen and oxygen atoms in total. The van der Waals surface area contributed by atoms with Gasteiger partial charge < -0.3 is 20.1 Å². The van der Waals surface area contributed by atoms with E-state index in [1.807, 2.05) is 66.7 Å². The largest absolute Gasteiger partial charge is 0.480 e. The van der Waals surface area contributed by atoms with Crippen molar-refractivity contribution in [1.29, 1.82) is 0 Å². The van der Waals surface area contributed by atoms with Crippen LogP contribution in [0.25, 0.3) is 11.1 Å². The second kappa shape index (κ2) is 8.92. The van der Waals surface area contributed by atoms with Gasteiger partial charge in [-0.15, -0.1) is 0 Å². The highest BCUT2D eigenvalue weighted by atomic mass is 16.5. The minimum absolute atomic E-state index is 0.0755. The summed E-state index contributed by atoms with van der Waals surface area (Å²) in [4.78, 5) is 25.9. The van der Waals surface area contributed by atoms with Crippen LogP contribution in [0.2, 0.25) is 0 Å². The first-order chi connectivity index (χ1) is 15.0. The smallest absolute Gasteiger partial charge is 0.407 e. The van der Waals surface area contributed by atoms with E-state index in [1.54, 1.807) is 11.9 Å². The van der Waals surface area contributed by atoms with Crippen LogP contribution in [0.1, 0.15) is 17.0 Å². The summed E-state index contributed by atoms with van der Waals surface area (Å²) < 4.78 is 5.48. The van der Waals surface area contributed by atoms with Gasteiger partial charge in [0.2, 0.25) is 0 Å². The van der Waals surface area contributed by atoms with Crippen LogP contribution in [0, 0.1) is 0 Å². The predicted octanol–water partition coefficient (Wildman–Crippen LogP) is 4.11. The Morgan fingerprint density at radius 3 is 2.06 bits per heavy atom. The number of ether oxygens (including phenoxy) is 1. The fourth-order valence-corrected chi connectivity index (χ4v) is 4.03. The Labute approximate surface area is 181 Å². The normalized spacial score (nSPS) is 13.1. The number of aliphatic carboxylic acids is 1. The highest BCUT2D eigenvalue weighted by Gasteiger charge is 2.30. The van der Waals surface area contributed by atoms with Crippen LogP contribution in [0.3, 0.4) is 0 Å². The van der Waals surface area contributed by atoms with Crippen molar-refractivity contribution >= 4 is 17.7 Å². The molecule has 0 spiro atoms. The number of likely N-dealkylation sites (N-methyl/N-ethyl adjacent to an activating group) is 1. The lowest BCUT2D eigenvalue weighted by atomic mass is 9.98. The number of alkyl carbamates (subject to hydrolysis) is 1. The number of rotatable bonds is 7. The van der Waals surface area contributed by atoms with Crippen molar-refractivity contribution < 1.29 is 19.4 Å². The molecule has 0 saturated heterocycles. The Hall–Kier alpha value is -3.80. The number of nitrogens with zero attached hydrogens (tertiary/aromatic N) is 1. The molecule has 3 aromatic rings. The van der Waals surface area contributed by atoms with E-state index in [2.05, 4.69) is 17.4 Å². The molecule has 1 aliphatic carbocycles. The maximum Gasteiger partial charge on any atom is 0.407 e. The number of hydrogen-bond acceptors (Lipinski definition) is 4. The van der Waals surface area contributed by atoms with Gasteiger partial charge in [0.15, 0.2) is 0 Å². The molecular weight excluding hydrogens is 392 g/mol. The third-order valence-corrected chi connectivity index (χ3v) is 5.59. The quantitative estimate of drug-likeness (QED) is 0.606. The predicted molar refractivity (Wildman–Crippen MR) is 119 cm³/mol. The number of nitrogens with one attached hydrogen (secondary N) is 1. The highest BCUT2D eigenvalue weighted by molar-refractivity contribution is 5.81. The molecule has 0 aliphatic heterocycles. The maximum atomic E-state index is 12.4. The Morgan fingerprint density at radius 2 is 1.48 bits per heavy atom. The molecule has 1 aliphatic rings. The van der Waals surface area contributed by atoms with Crippen molar-refractivity contribution in [2.75, 3.05) is 25.1 Å². The van der Waals surface area contributed by atoms with E-state index < -0.39 is 18.1 Å². The summed E-state index contributed by atoms with van der Waals surface area (Å²) in [5.41, 5.74) is 5.35. The third kappa shape index (κ3) is 4.38. The fourth-order valence-electron chi connectivity index (χ4n) is 4.03. The number of benzene rings is 3. The van der Waals surface area contributed by atoms with Gasteiger partial charge in [-0.1, -0.05) is 66.7 Å². The van der Waals surface area contributed by atoms with Crippen molar-refractivity contribution in [3.05, 3.63) is 90.0 Å². The van der Waals surface area contributed by atoms with E-state index >= 15 is 0 Å². The van der Waals surface area contributed by atoms with Crippen LogP contribution in [-0.4, -0.2) is 43.4 Å². The zero-order chi connectivity index (χ0) is 21.8. The van der Waals surface area contributed by atoms with E-state index in [0.717, 1.165) is 27.9 Å². The summed E-state index contributed by atoms with van der Waals surface area (Å²) in [6.07, 6.45) is -0.740. The lowest BCUT2D eigenvalue weighted by molar-refractivity contribution is -0.139. The molecule has 0 radical (unpaired) electrons. The summed E-state index contributed by atoms with van der Waals surface area (Å²) in [6, 6.07) is 24.4. The molecule has 31 heavy (non-hydrogen) atoms. The van der Waals surface area contributed by atoms with Crippen LogP contribution >= 0.6 is 0 Å². The van der Waals surface area contributed by atoms with E-state index in [0.29, 0.717) is 0 Å². The number of amides is 1. The number of anilines is 1.